The molecule has 3 heterocycles. The normalized spacial score (nSPS) is 11.8. The number of fused-ring (bicyclic) bond motifs is 10. The van der Waals surface area contributed by atoms with Gasteiger partial charge in [-0.3, -0.25) is 4.57 Å². The topological polar surface area (TPSA) is 56.7 Å². The first-order valence-corrected chi connectivity index (χ1v) is 21.6. The Morgan fingerprint density at radius 3 is 1.48 bits per heavy atom. The van der Waals surface area contributed by atoms with E-state index in [0.29, 0.717) is 17.6 Å². The third-order valence-corrected chi connectivity index (χ3v) is 12.7. The van der Waals surface area contributed by atoms with Crippen molar-refractivity contribution in [2.75, 3.05) is 0 Å². The number of aromatic nitrogens is 4. The van der Waals surface area contributed by atoms with Crippen LogP contribution in [0.4, 0.5) is 0 Å². The van der Waals surface area contributed by atoms with Gasteiger partial charge in [-0.2, -0.15) is 9.97 Å². The average molecular weight is 817 g/mol. The van der Waals surface area contributed by atoms with E-state index in [1.54, 1.807) is 0 Å². The van der Waals surface area contributed by atoms with E-state index in [1.807, 2.05) is 12.1 Å². The zero-order chi connectivity index (χ0) is 42.1. The number of furan rings is 1. The van der Waals surface area contributed by atoms with Gasteiger partial charge in [-0.05, 0) is 62.2 Å². The maximum absolute atomic E-state index is 6.47. The van der Waals surface area contributed by atoms with Gasteiger partial charge in [-0.25, -0.2) is 4.98 Å². The number of benzene rings is 10. The number of hydrogen-bond donors (Lipinski definition) is 0. The molecule has 0 amide bonds. The highest BCUT2D eigenvalue weighted by atomic mass is 16.3. The second-order valence-corrected chi connectivity index (χ2v) is 16.4. The van der Waals surface area contributed by atoms with Crippen molar-refractivity contribution in [1.82, 2.24) is 19.5 Å². The summed E-state index contributed by atoms with van der Waals surface area (Å²) in [5.41, 5.74) is 12.3. The Morgan fingerprint density at radius 2 is 0.812 bits per heavy atom. The van der Waals surface area contributed by atoms with E-state index in [-0.39, 0.29) is 0 Å². The maximum atomic E-state index is 6.47. The van der Waals surface area contributed by atoms with Crippen molar-refractivity contribution in [2.24, 2.45) is 0 Å². The summed E-state index contributed by atoms with van der Waals surface area (Å²) in [5.74, 6) is 1.74. The van der Waals surface area contributed by atoms with Crippen LogP contribution >= 0.6 is 0 Å². The van der Waals surface area contributed by atoms with Crippen LogP contribution in [0.15, 0.2) is 223 Å². The van der Waals surface area contributed by atoms with Gasteiger partial charge in [0.05, 0.1) is 11.0 Å². The molecule has 0 saturated heterocycles. The average Bonchev–Trinajstić information content (AvgIpc) is 3.93. The quantitative estimate of drug-likeness (QED) is 0.168. The summed E-state index contributed by atoms with van der Waals surface area (Å²) in [7, 11) is 0. The summed E-state index contributed by atoms with van der Waals surface area (Å²) < 4.78 is 8.75. The van der Waals surface area contributed by atoms with Gasteiger partial charge in [0, 0.05) is 43.6 Å². The van der Waals surface area contributed by atoms with Crippen molar-refractivity contribution in [3.63, 3.8) is 0 Å². The minimum atomic E-state index is 0.545. The SMILES string of the molecule is c1ccc(-c2ccc(-c3nc(-c4ccc(-c5ccccc5)cc4)nc(-n4c5c(-c6ccc7oc8ccc9ccccc9c8c7c6)cccc5c5ccc6ccccc6c54)n3)cc2)cc1. The molecule has 0 spiro atoms. The summed E-state index contributed by atoms with van der Waals surface area (Å²) in [5, 5.41) is 9.06. The third-order valence-electron chi connectivity index (χ3n) is 12.7. The molecule has 0 aliphatic carbocycles. The van der Waals surface area contributed by atoms with E-state index in [2.05, 4.69) is 211 Å². The second kappa shape index (κ2) is 14.5. The zero-order valence-electron chi connectivity index (χ0n) is 34.5. The number of nitrogens with zero attached hydrogens (tertiary/aromatic N) is 4. The molecule has 0 N–H and O–H groups in total. The van der Waals surface area contributed by atoms with Crippen LogP contribution in [0.2, 0.25) is 0 Å². The lowest BCUT2D eigenvalue weighted by molar-refractivity contribution is 0.669. The molecule has 0 aliphatic heterocycles. The van der Waals surface area contributed by atoms with Crippen LogP contribution in [0.3, 0.4) is 0 Å². The largest absolute Gasteiger partial charge is 0.456 e. The van der Waals surface area contributed by atoms with Crippen LogP contribution in [0.1, 0.15) is 0 Å². The standard InChI is InChI=1S/C59H36N4O/c1-3-12-37(13-4-1)39-22-26-43(27-23-39)57-60-58(44-28-24-40(25-29-44)38-14-5-2-6-15-38)62-59(61-57)63-55-47-19-10-8-17-42(47)30-33-50(55)49-21-11-20-48(56(49)63)45-32-34-52-51(36-45)54-46-18-9-7-16-41(46)31-35-53(54)64-52/h1-36H. The fourth-order valence-electron chi connectivity index (χ4n) is 9.58. The monoisotopic (exact) mass is 816 g/mol. The molecule has 0 fully saturated rings. The lowest BCUT2D eigenvalue weighted by Gasteiger charge is -2.14. The van der Waals surface area contributed by atoms with Crippen LogP contribution < -0.4 is 0 Å². The number of rotatable bonds is 6. The van der Waals surface area contributed by atoms with Crippen LogP contribution in [0.5, 0.6) is 0 Å². The van der Waals surface area contributed by atoms with Crippen molar-refractivity contribution < 1.29 is 4.42 Å². The molecule has 0 atom stereocenters. The molecule has 5 heteroatoms. The fourth-order valence-corrected chi connectivity index (χ4v) is 9.58. The molecular weight excluding hydrogens is 781 g/mol. The van der Waals surface area contributed by atoms with Crippen LogP contribution in [-0.2, 0) is 0 Å². The summed E-state index contributed by atoms with van der Waals surface area (Å²) in [6.07, 6.45) is 0. The predicted molar refractivity (Wildman–Crippen MR) is 264 cm³/mol. The Labute approximate surface area is 368 Å². The fraction of sp³-hybridized carbons (Fsp3) is 0. The van der Waals surface area contributed by atoms with E-state index in [9.17, 15) is 0 Å². The Balaban J connectivity index is 1.08. The van der Waals surface area contributed by atoms with E-state index in [4.69, 9.17) is 19.4 Å². The van der Waals surface area contributed by atoms with Crippen molar-refractivity contribution in [2.45, 2.75) is 0 Å². The van der Waals surface area contributed by atoms with Gasteiger partial charge in [-0.1, -0.05) is 200 Å². The molecule has 298 valence electrons. The first kappa shape index (κ1) is 36.0. The van der Waals surface area contributed by atoms with Gasteiger partial charge < -0.3 is 4.42 Å². The third kappa shape index (κ3) is 5.83. The maximum Gasteiger partial charge on any atom is 0.238 e. The molecule has 0 unspecified atom stereocenters. The molecule has 13 rings (SSSR count). The first-order valence-electron chi connectivity index (χ1n) is 21.6. The Kier molecular flexibility index (Phi) is 8.15. The zero-order valence-corrected chi connectivity index (χ0v) is 34.5. The number of hydrogen-bond acceptors (Lipinski definition) is 4. The molecule has 10 aromatic carbocycles. The van der Waals surface area contributed by atoms with Gasteiger partial charge in [0.15, 0.2) is 11.6 Å². The molecule has 3 aromatic heterocycles. The molecule has 5 nitrogen and oxygen atoms in total. The summed E-state index contributed by atoms with van der Waals surface area (Å²) in [6.45, 7) is 0. The highest BCUT2D eigenvalue weighted by molar-refractivity contribution is 6.22. The molecule has 13 aromatic rings. The first-order chi connectivity index (χ1) is 31.7. The van der Waals surface area contributed by atoms with E-state index in [0.717, 1.165) is 99.0 Å². The summed E-state index contributed by atoms with van der Waals surface area (Å²) >= 11 is 0. The van der Waals surface area contributed by atoms with Crippen molar-refractivity contribution in [3.05, 3.63) is 218 Å². The molecule has 0 saturated carbocycles. The van der Waals surface area contributed by atoms with E-state index in [1.165, 1.54) is 10.8 Å². The van der Waals surface area contributed by atoms with Crippen LogP contribution in [-0.4, -0.2) is 19.5 Å². The van der Waals surface area contributed by atoms with Crippen molar-refractivity contribution >= 4 is 65.3 Å². The molecule has 64 heavy (non-hydrogen) atoms. The Morgan fingerprint density at radius 1 is 0.312 bits per heavy atom. The highest BCUT2D eigenvalue weighted by Gasteiger charge is 2.23. The molecule has 0 aliphatic rings. The van der Waals surface area contributed by atoms with Gasteiger partial charge in [-0.15, -0.1) is 0 Å². The minimum Gasteiger partial charge on any atom is -0.456 e. The second-order valence-electron chi connectivity index (χ2n) is 16.4. The molecular formula is C59H36N4O. The van der Waals surface area contributed by atoms with E-state index >= 15 is 0 Å². The lowest BCUT2D eigenvalue weighted by atomic mass is 9.98. The van der Waals surface area contributed by atoms with Crippen LogP contribution in [0.25, 0.3) is 127 Å². The molecule has 0 radical (unpaired) electrons. The minimum absolute atomic E-state index is 0.545. The van der Waals surface area contributed by atoms with Gasteiger partial charge in [0.25, 0.3) is 0 Å². The van der Waals surface area contributed by atoms with Crippen molar-refractivity contribution in [1.29, 1.82) is 0 Å². The van der Waals surface area contributed by atoms with Crippen molar-refractivity contribution in [3.8, 4) is 62.1 Å². The van der Waals surface area contributed by atoms with Gasteiger partial charge in [0.2, 0.25) is 5.95 Å². The van der Waals surface area contributed by atoms with Gasteiger partial charge in [0.1, 0.15) is 11.2 Å². The van der Waals surface area contributed by atoms with Crippen LogP contribution in [0, 0.1) is 0 Å². The Bertz CT molecular complexity index is 3830. The van der Waals surface area contributed by atoms with E-state index < -0.39 is 0 Å². The predicted octanol–water partition coefficient (Wildman–Crippen LogP) is 15.5. The smallest absolute Gasteiger partial charge is 0.238 e. The number of para-hydroxylation sites is 1. The Hall–Kier alpha value is -8.67. The molecule has 0 bridgehead atoms. The summed E-state index contributed by atoms with van der Waals surface area (Å²) in [6, 6.07) is 76.9. The highest BCUT2D eigenvalue weighted by Crippen LogP contribution is 2.43. The summed E-state index contributed by atoms with van der Waals surface area (Å²) in [4.78, 5) is 16.1. The lowest BCUT2D eigenvalue weighted by Crippen LogP contribution is -2.07. The van der Waals surface area contributed by atoms with Gasteiger partial charge >= 0.3 is 0 Å².